The monoisotopic (exact) mass is 276 g/mol. The molecule has 2 rings (SSSR count). The molecule has 5 heteroatoms. The largest absolute Gasteiger partial charge is 0.497 e. The fourth-order valence-corrected chi connectivity index (χ4v) is 2.84. The summed E-state index contributed by atoms with van der Waals surface area (Å²) in [5.41, 5.74) is 6.43. The standard InChI is InChI=1S/C15H20N2O3/c1-3-17-13(18)9-8-12(15(16)19)14(17)10-4-6-11(20-2)7-5-10/h4-7,12,14H,3,8-9H2,1-2H3,(H2,16,19)/t12-,14+/m1/s1. The van der Waals surface area contributed by atoms with Gasteiger partial charge in [0.25, 0.3) is 0 Å². The number of benzene rings is 1. The van der Waals surface area contributed by atoms with Crippen LogP contribution in [-0.4, -0.2) is 30.4 Å². The van der Waals surface area contributed by atoms with Crippen LogP contribution < -0.4 is 10.5 Å². The van der Waals surface area contributed by atoms with Crippen molar-refractivity contribution in [1.82, 2.24) is 4.90 Å². The number of likely N-dealkylation sites (tertiary alicyclic amines) is 1. The zero-order valence-electron chi connectivity index (χ0n) is 11.8. The Balaban J connectivity index is 2.38. The van der Waals surface area contributed by atoms with E-state index in [1.165, 1.54) is 0 Å². The molecule has 0 bridgehead atoms. The maximum absolute atomic E-state index is 12.0. The average molecular weight is 276 g/mol. The zero-order chi connectivity index (χ0) is 14.7. The number of carbonyl (C=O) groups excluding carboxylic acids is 2. The van der Waals surface area contributed by atoms with Gasteiger partial charge in [-0.2, -0.15) is 0 Å². The van der Waals surface area contributed by atoms with Crippen LogP contribution in [-0.2, 0) is 9.59 Å². The predicted molar refractivity (Wildman–Crippen MR) is 75.0 cm³/mol. The molecule has 0 radical (unpaired) electrons. The maximum atomic E-state index is 12.0. The number of ether oxygens (including phenoxy) is 1. The second-order valence-corrected chi connectivity index (χ2v) is 4.95. The van der Waals surface area contributed by atoms with E-state index < -0.39 is 0 Å². The average Bonchev–Trinajstić information content (AvgIpc) is 2.46. The van der Waals surface area contributed by atoms with Gasteiger partial charge >= 0.3 is 0 Å². The molecular formula is C15H20N2O3. The zero-order valence-corrected chi connectivity index (χ0v) is 11.8. The van der Waals surface area contributed by atoms with E-state index in [0.717, 1.165) is 11.3 Å². The molecule has 0 aromatic heterocycles. The van der Waals surface area contributed by atoms with Crippen LogP contribution in [0, 0.1) is 5.92 Å². The van der Waals surface area contributed by atoms with Crippen LogP contribution in [0.15, 0.2) is 24.3 Å². The third kappa shape index (κ3) is 2.61. The van der Waals surface area contributed by atoms with E-state index in [1.807, 2.05) is 31.2 Å². The summed E-state index contributed by atoms with van der Waals surface area (Å²) >= 11 is 0. The lowest BCUT2D eigenvalue weighted by Gasteiger charge is -2.39. The lowest BCUT2D eigenvalue weighted by molar-refractivity contribution is -0.142. The molecule has 0 unspecified atom stereocenters. The lowest BCUT2D eigenvalue weighted by atomic mass is 9.84. The first kappa shape index (κ1) is 14.4. The van der Waals surface area contributed by atoms with E-state index in [4.69, 9.17) is 10.5 Å². The molecule has 1 aliphatic rings. The van der Waals surface area contributed by atoms with E-state index in [2.05, 4.69) is 0 Å². The van der Waals surface area contributed by atoms with Crippen LogP contribution in [0.25, 0.3) is 0 Å². The highest BCUT2D eigenvalue weighted by Crippen LogP contribution is 2.36. The van der Waals surface area contributed by atoms with Crippen LogP contribution in [0.4, 0.5) is 0 Å². The molecule has 5 nitrogen and oxygen atoms in total. The van der Waals surface area contributed by atoms with Gasteiger partial charge in [0.15, 0.2) is 0 Å². The predicted octanol–water partition coefficient (Wildman–Crippen LogP) is 1.48. The van der Waals surface area contributed by atoms with Gasteiger partial charge in [-0.05, 0) is 31.0 Å². The van der Waals surface area contributed by atoms with Crippen molar-refractivity contribution in [2.24, 2.45) is 11.7 Å². The molecule has 1 aliphatic heterocycles. The van der Waals surface area contributed by atoms with Crippen LogP contribution >= 0.6 is 0 Å². The summed E-state index contributed by atoms with van der Waals surface area (Å²) in [5.74, 6) is 0.137. The molecule has 2 amide bonds. The highest BCUT2D eigenvalue weighted by atomic mass is 16.5. The SMILES string of the molecule is CCN1C(=O)CC[C@@H](C(N)=O)[C@@H]1c1ccc(OC)cc1. The quantitative estimate of drug-likeness (QED) is 0.905. The molecule has 2 atom stereocenters. The van der Waals surface area contributed by atoms with E-state index in [9.17, 15) is 9.59 Å². The van der Waals surface area contributed by atoms with Gasteiger partial charge < -0.3 is 15.4 Å². The third-order valence-electron chi connectivity index (χ3n) is 3.87. The van der Waals surface area contributed by atoms with Crippen molar-refractivity contribution >= 4 is 11.8 Å². The van der Waals surface area contributed by atoms with E-state index >= 15 is 0 Å². The normalized spacial score (nSPS) is 22.7. The molecule has 1 aromatic rings. The molecule has 1 heterocycles. The van der Waals surface area contributed by atoms with E-state index in [0.29, 0.717) is 19.4 Å². The van der Waals surface area contributed by atoms with Gasteiger partial charge in [-0.3, -0.25) is 9.59 Å². The first-order valence-electron chi connectivity index (χ1n) is 6.81. The Kier molecular flexibility index (Phi) is 4.27. The first-order valence-corrected chi connectivity index (χ1v) is 6.81. The fourth-order valence-electron chi connectivity index (χ4n) is 2.84. The smallest absolute Gasteiger partial charge is 0.223 e. The van der Waals surface area contributed by atoms with Crippen molar-refractivity contribution in [2.75, 3.05) is 13.7 Å². The first-order chi connectivity index (χ1) is 9.58. The van der Waals surface area contributed by atoms with Gasteiger partial charge in [-0.1, -0.05) is 12.1 Å². The summed E-state index contributed by atoms with van der Waals surface area (Å²) in [7, 11) is 1.60. The van der Waals surface area contributed by atoms with Gasteiger partial charge in [0.2, 0.25) is 11.8 Å². The number of nitrogens with two attached hydrogens (primary N) is 1. The number of carbonyl (C=O) groups is 2. The highest BCUT2D eigenvalue weighted by molar-refractivity contribution is 5.84. The molecular weight excluding hydrogens is 256 g/mol. The second kappa shape index (κ2) is 5.94. The number of methoxy groups -OCH3 is 1. The number of hydrogen-bond acceptors (Lipinski definition) is 3. The number of nitrogens with zero attached hydrogens (tertiary/aromatic N) is 1. The van der Waals surface area contributed by atoms with Gasteiger partial charge in [0.1, 0.15) is 5.75 Å². The number of rotatable bonds is 4. The molecule has 1 aromatic carbocycles. The summed E-state index contributed by atoms with van der Waals surface area (Å²) in [6, 6.07) is 7.17. The van der Waals surface area contributed by atoms with Gasteiger partial charge in [0.05, 0.1) is 19.1 Å². The molecule has 20 heavy (non-hydrogen) atoms. The fraction of sp³-hybridized carbons (Fsp3) is 0.467. The molecule has 0 saturated carbocycles. The Morgan fingerprint density at radius 3 is 2.55 bits per heavy atom. The molecule has 108 valence electrons. The minimum atomic E-state index is -0.350. The summed E-state index contributed by atoms with van der Waals surface area (Å²) < 4.78 is 5.13. The van der Waals surface area contributed by atoms with Crippen LogP contribution in [0.3, 0.4) is 0 Å². The summed E-state index contributed by atoms with van der Waals surface area (Å²) in [5, 5.41) is 0. The van der Waals surface area contributed by atoms with Crippen LogP contribution in [0.1, 0.15) is 31.4 Å². The molecule has 2 N–H and O–H groups in total. The second-order valence-electron chi connectivity index (χ2n) is 4.95. The highest BCUT2D eigenvalue weighted by Gasteiger charge is 2.38. The van der Waals surface area contributed by atoms with Gasteiger partial charge in [-0.25, -0.2) is 0 Å². The summed E-state index contributed by atoms with van der Waals surface area (Å²) in [4.78, 5) is 25.5. The van der Waals surface area contributed by atoms with Gasteiger partial charge in [-0.15, -0.1) is 0 Å². The Labute approximate surface area is 118 Å². The number of piperidine rings is 1. The summed E-state index contributed by atoms with van der Waals surface area (Å²) in [6.07, 6.45) is 0.898. The molecule has 0 spiro atoms. The van der Waals surface area contributed by atoms with Crippen molar-refractivity contribution in [2.45, 2.75) is 25.8 Å². The van der Waals surface area contributed by atoms with Crippen LogP contribution in [0.2, 0.25) is 0 Å². The van der Waals surface area contributed by atoms with Crippen LogP contribution in [0.5, 0.6) is 5.75 Å². The Bertz CT molecular complexity index is 496. The third-order valence-corrected chi connectivity index (χ3v) is 3.87. The number of hydrogen-bond donors (Lipinski definition) is 1. The van der Waals surface area contributed by atoms with Crippen molar-refractivity contribution in [3.05, 3.63) is 29.8 Å². The van der Waals surface area contributed by atoms with Crippen molar-refractivity contribution < 1.29 is 14.3 Å². The Morgan fingerprint density at radius 1 is 1.40 bits per heavy atom. The minimum absolute atomic E-state index is 0.0748. The number of amides is 2. The molecule has 1 saturated heterocycles. The van der Waals surface area contributed by atoms with E-state index in [1.54, 1.807) is 12.0 Å². The lowest BCUT2D eigenvalue weighted by Crippen LogP contribution is -2.46. The van der Waals surface area contributed by atoms with Crippen molar-refractivity contribution in [3.8, 4) is 5.75 Å². The minimum Gasteiger partial charge on any atom is -0.497 e. The molecule has 1 fully saturated rings. The topological polar surface area (TPSA) is 72.6 Å². The molecule has 0 aliphatic carbocycles. The Hall–Kier alpha value is -2.04. The summed E-state index contributed by atoms with van der Waals surface area (Å²) in [6.45, 7) is 2.48. The van der Waals surface area contributed by atoms with Crippen molar-refractivity contribution in [3.63, 3.8) is 0 Å². The van der Waals surface area contributed by atoms with Gasteiger partial charge in [0, 0.05) is 13.0 Å². The van der Waals surface area contributed by atoms with E-state index in [-0.39, 0.29) is 23.8 Å². The Morgan fingerprint density at radius 2 is 2.05 bits per heavy atom. The maximum Gasteiger partial charge on any atom is 0.223 e. The number of primary amides is 1. The van der Waals surface area contributed by atoms with Crippen molar-refractivity contribution in [1.29, 1.82) is 0 Å².